The molecule has 1 saturated carbocycles. The summed E-state index contributed by atoms with van der Waals surface area (Å²) in [4.78, 5) is 15.1. The van der Waals surface area contributed by atoms with E-state index in [1.807, 2.05) is 10.7 Å². The topological polar surface area (TPSA) is 88.7 Å². The van der Waals surface area contributed by atoms with E-state index in [-0.39, 0.29) is 17.2 Å². The molecule has 29 heavy (non-hydrogen) atoms. The van der Waals surface area contributed by atoms with Crippen molar-refractivity contribution in [1.29, 1.82) is 0 Å². The molecule has 1 unspecified atom stereocenters. The van der Waals surface area contributed by atoms with Gasteiger partial charge < -0.3 is 16.0 Å². The van der Waals surface area contributed by atoms with Crippen LogP contribution in [0.1, 0.15) is 43.8 Å². The molecule has 2 heterocycles. The minimum absolute atomic E-state index is 0.0314. The molecule has 3 atom stereocenters. The molecule has 1 aliphatic rings. The van der Waals surface area contributed by atoms with E-state index in [4.69, 9.17) is 5.73 Å². The van der Waals surface area contributed by atoms with E-state index < -0.39 is 12.2 Å². The van der Waals surface area contributed by atoms with E-state index in [1.54, 1.807) is 6.20 Å². The maximum absolute atomic E-state index is 12.8. The average molecular weight is 405 g/mol. The van der Waals surface area contributed by atoms with Gasteiger partial charge in [-0.1, -0.05) is 25.5 Å². The van der Waals surface area contributed by atoms with Gasteiger partial charge in [-0.25, -0.2) is 0 Å². The largest absolute Gasteiger partial charge is 0.407 e. The highest BCUT2D eigenvalue weighted by molar-refractivity contribution is 5.91. The summed E-state index contributed by atoms with van der Waals surface area (Å²) in [5.74, 6) is 0.835. The van der Waals surface area contributed by atoms with Gasteiger partial charge in [-0.15, -0.1) is 0 Å². The first-order valence-corrected chi connectivity index (χ1v) is 9.55. The van der Waals surface area contributed by atoms with Crippen LogP contribution in [0.4, 0.5) is 24.7 Å². The number of halogens is 3. The van der Waals surface area contributed by atoms with Gasteiger partial charge in [0.25, 0.3) is 5.56 Å². The second-order valence-electron chi connectivity index (χ2n) is 7.60. The van der Waals surface area contributed by atoms with E-state index in [2.05, 4.69) is 22.3 Å². The third-order valence-electron chi connectivity index (χ3n) is 5.65. The van der Waals surface area contributed by atoms with Gasteiger partial charge in [-0.3, -0.25) is 9.48 Å². The van der Waals surface area contributed by atoms with Crippen LogP contribution in [0.5, 0.6) is 0 Å². The van der Waals surface area contributed by atoms with Crippen LogP contribution < -0.4 is 16.6 Å². The Hall–Kier alpha value is -2.81. The number of anilines is 2. The third-order valence-corrected chi connectivity index (χ3v) is 5.65. The fourth-order valence-corrected chi connectivity index (χ4v) is 4.03. The van der Waals surface area contributed by atoms with Crippen LogP contribution in [0.3, 0.4) is 0 Å². The van der Waals surface area contributed by atoms with Crippen molar-refractivity contribution in [3.63, 3.8) is 0 Å². The molecule has 4 rings (SSSR count). The predicted octanol–water partition coefficient (Wildman–Crippen LogP) is 4.39. The Balaban J connectivity index is 1.69. The van der Waals surface area contributed by atoms with E-state index in [0.717, 1.165) is 24.8 Å². The lowest BCUT2D eigenvalue weighted by atomic mass is 10.1. The Morgan fingerprint density at radius 1 is 1.24 bits per heavy atom. The molecule has 6 nitrogen and oxygen atoms in total. The summed E-state index contributed by atoms with van der Waals surface area (Å²) in [6.45, 7) is 2.17. The maximum atomic E-state index is 12.8. The molecule has 0 bridgehead atoms. The minimum Gasteiger partial charge on any atom is -0.338 e. The van der Waals surface area contributed by atoms with Gasteiger partial charge >= 0.3 is 6.18 Å². The number of rotatable bonds is 4. The zero-order valence-corrected chi connectivity index (χ0v) is 15.8. The molecule has 154 valence electrons. The Labute approximate surface area is 164 Å². The molecule has 1 aliphatic carbocycles. The number of benzene rings is 1. The van der Waals surface area contributed by atoms with Crippen LogP contribution in [0.25, 0.3) is 10.9 Å². The Morgan fingerprint density at radius 3 is 2.59 bits per heavy atom. The molecule has 0 radical (unpaired) electrons. The van der Waals surface area contributed by atoms with Gasteiger partial charge in [0.05, 0.1) is 11.6 Å². The molecule has 0 spiro atoms. The molecule has 4 N–H and O–H groups in total. The molecule has 1 aromatic carbocycles. The highest BCUT2D eigenvalue weighted by atomic mass is 19.4. The van der Waals surface area contributed by atoms with Crippen LogP contribution in [0.2, 0.25) is 0 Å². The molecule has 3 aromatic rings. The first-order chi connectivity index (χ1) is 13.8. The number of nitrogens with zero attached hydrogens (tertiary/aromatic N) is 2. The average Bonchev–Trinajstić information content (AvgIpc) is 3.25. The number of hydrogen-bond acceptors (Lipinski definition) is 4. The van der Waals surface area contributed by atoms with Gasteiger partial charge in [0.1, 0.15) is 11.4 Å². The van der Waals surface area contributed by atoms with Crippen molar-refractivity contribution < 1.29 is 13.2 Å². The summed E-state index contributed by atoms with van der Waals surface area (Å²) in [5.41, 5.74) is 6.22. The molecule has 0 amide bonds. The van der Waals surface area contributed by atoms with Crippen molar-refractivity contribution >= 4 is 22.4 Å². The Morgan fingerprint density at radius 2 is 1.97 bits per heavy atom. The second-order valence-corrected chi connectivity index (χ2v) is 7.60. The number of hydrogen-bond donors (Lipinski definition) is 3. The van der Waals surface area contributed by atoms with Gasteiger partial charge in [0.15, 0.2) is 5.82 Å². The van der Waals surface area contributed by atoms with Crippen LogP contribution in [-0.4, -0.2) is 20.9 Å². The zero-order valence-electron chi connectivity index (χ0n) is 15.8. The zero-order chi connectivity index (χ0) is 20.8. The third kappa shape index (κ3) is 3.62. The number of nitrogens with one attached hydrogen (secondary N) is 2. The number of aromatic nitrogens is 3. The van der Waals surface area contributed by atoms with Gasteiger partial charge in [-0.05, 0) is 42.5 Å². The molecule has 0 saturated heterocycles. The van der Waals surface area contributed by atoms with Crippen molar-refractivity contribution in [2.75, 3.05) is 5.32 Å². The van der Waals surface area contributed by atoms with Crippen molar-refractivity contribution in [2.24, 2.45) is 11.7 Å². The summed E-state index contributed by atoms with van der Waals surface area (Å²) in [5, 5.41) is 8.17. The van der Waals surface area contributed by atoms with E-state index in [1.165, 1.54) is 24.3 Å². The normalized spacial score (nSPS) is 20.9. The summed E-state index contributed by atoms with van der Waals surface area (Å²) in [7, 11) is 0. The van der Waals surface area contributed by atoms with E-state index >= 15 is 0 Å². The predicted molar refractivity (Wildman–Crippen MR) is 105 cm³/mol. The number of fused-ring (bicyclic) bond motifs is 1. The first-order valence-electron chi connectivity index (χ1n) is 9.55. The lowest BCUT2D eigenvalue weighted by Crippen LogP contribution is -2.28. The molecule has 1 fully saturated rings. The Kier molecular flexibility index (Phi) is 4.85. The van der Waals surface area contributed by atoms with Gasteiger partial charge in [0.2, 0.25) is 0 Å². The van der Waals surface area contributed by atoms with Crippen molar-refractivity contribution in [1.82, 2.24) is 14.8 Å². The number of alkyl halides is 3. The van der Waals surface area contributed by atoms with E-state index in [9.17, 15) is 18.0 Å². The lowest BCUT2D eigenvalue weighted by molar-refractivity contribution is -0.149. The summed E-state index contributed by atoms with van der Waals surface area (Å²) in [6.07, 6.45) is 0.307. The monoisotopic (exact) mass is 405 g/mol. The fourth-order valence-electron chi connectivity index (χ4n) is 4.03. The van der Waals surface area contributed by atoms with Crippen LogP contribution in [0, 0.1) is 5.92 Å². The second kappa shape index (κ2) is 7.22. The number of nitrogens with two attached hydrogens (primary N) is 1. The van der Waals surface area contributed by atoms with Crippen molar-refractivity contribution in [3.8, 4) is 0 Å². The Bertz CT molecular complexity index is 1070. The summed E-state index contributed by atoms with van der Waals surface area (Å²) >= 11 is 0. The highest BCUT2D eigenvalue weighted by Crippen LogP contribution is 2.38. The molecule has 2 aromatic heterocycles. The number of aromatic amines is 1. The molecular weight excluding hydrogens is 383 g/mol. The standard InChI is InChI=1S/C20H22F3N5O/c1-11-3-2-4-14(11)28-15-9-10-25-19(29)16(15)18(27-28)26-13-7-5-12(6-8-13)17(24)20(21,22)23/h5-11,14,17H,2-4,24H2,1H3,(H,25,29)(H,26,27)/t11-,14-,17?/m0/s1. The highest BCUT2D eigenvalue weighted by Gasteiger charge is 2.37. The van der Waals surface area contributed by atoms with Gasteiger partial charge in [0, 0.05) is 11.9 Å². The lowest BCUT2D eigenvalue weighted by Gasteiger charge is -2.17. The summed E-state index contributed by atoms with van der Waals surface area (Å²) in [6, 6.07) is 5.64. The quantitative estimate of drug-likeness (QED) is 0.601. The maximum Gasteiger partial charge on any atom is 0.407 e. The van der Waals surface area contributed by atoms with E-state index in [0.29, 0.717) is 22.8 Å². The molecule has 0 aliphatic heterocycles. The number of H-pyrrole nitrogens is 1. The van der Waals surface area contributed by atoms with Crippen LogP contribution >= 0.6 is 0 Å². The van der Waals surface area contributed by atoms with Crippen molar-refractivity contribution in [2.45, 2.75) is 44.4 Å². The fraction of sp³-hybridized carbons (Fsp3) is 0.400. The van der Waals surface area contributed by atoms with Crippen LogP contribution in [-0.2, 0) is 0 Å². The van der Waals surface area contributed by atoms with Gasteiger partial charge in [-0.2, -0.15) is 18.3 Å². The summed E-state index contributed by atoms with van der Waals surface area (Å²) < 4.78 is 40.3. The molecular formula is C20H22F3N5O. The number of pyridine rings is 1. The SMILES string of the molecule is C[C@H]1CCC[C@@H]1n1nc(Nc2ccc(C(N)C(F)(F)F)cc2)c2c(=O)[nH]ccc21. The minimum atomic E-state index is -4.50. The van der Waals surface area contributed by atoms with Crippen molar-refractivity contribution in [3.05, 3.63) is 52.4 Å². The first kappa shape index (κ1) is 19.5. The van der Waals surface area contributed by atoms with Crippen LogP contribution in [0.15, 0.2) is 41.3 Å². The smallest absolute Gasteiger partial charge is 0.338 e. The molecule has 9 heteroatoms.